The summed E-state index contributed by atoms with van der Waals surface area (Å²) in [6.07, 6.45) is 0.781. The second kappa shape index (κ2) is 6.04. The summed E-state index contributed by atoms with van der Waals surface area (Å²) >= 11 is 0. The van der Waals surface area contributed by atoms with Crippen LogP contribution in [0, 0.1) is 6.92 Å². The minimum Gasteiger partial charge on any atom is -0.394 e. The van der Waals surface area contributed by atoms with Crippen molar-refractivity contribution in [3.63, 3.8) is 0 Å². The molecule has 1 aliphatic heterocycles. The summed E-state index contributed by atoms with van der Waals surface area (Å²) in [6, 6.07) is 5.76. The lowest BCUT2D eigenvalue weighted by Gasteiger charge is -2.19. The molecular weight excluding hydrogens is 244 g/mol. The fraction of sp³-hybridized carbons (Fsp3) is 0.500. The average molecular weight is 264 g/mol. The maximum absolute atomic E-state index is 11.7. The Morgan fingerprint density at radius 1 is 1.47 bits per heavy atom. The van der Waals surface area contributed by atoms with Crippen LogP contribution in [0.5, 0.6) is 0 Å². The molecule has 1 atom stereocenters. The van der Waals surface area contributed by atoms with Crippen LogP contribution in [-0.2, 0) is 4.79 Å². The van der Waals surface area contributed by atoms with E-state index in [-0.39, 0.29) is 12.5 Å². The normalized spacial score (nSPS) is 16.8. The topological polar surface area (TPSA) is 72.8 Å². The molecule has 1 aliphatic rings. The highest BCUT2D eigenvalue weighted by Gasteiger charge is 2.22. The number of aryl methyl sites for hydroxylation is 1. The van der Waals surface area contributed by atoms with Gasteiger partial charge in [0.25, 0.3) is 0 Å². The third-order valence-electron chi connectivity index (χ3n) is 3.31. The molecule has 1 aromatic carbocycles. The highest BCUT2D eigenvalue weighted by Crippen LogP contribution is 2.27. The number of anilines is 2. The zero-order valence-electron chi connectivity index (χ0n) is 11.1. The Morgan fingerprint density at radius 2 is 2.26 bits per heavy atom. The Hall–Kier alpha value is -1.59. The van der Waals surface area contributed by atoms with Gasteiger partial charge in [-0.25, -0.2) is 0 Å². The van der Waals surface area contributed by atoms with E-state index in [1.165, 1.54) is 0 Å². The maximum atomic E-state index is 11.7. The molecule has 19 heavy (non-hydrogen) atoms. The maximum Gasteiger partial charge on any atom is 0.227 e. The highest BCUT2D eigenvalue weighted by molar-refractivity contribution is 5.96. The Morgan fingerprint density at radius 3 is 2.84 bits per heavy atom. The van der Waals surface area contributed by atoms with Gasteiger partial charge < -0.3 is 20.4 Å². The van der Waals surface area contributed by atoms with Crippen LogP contribution >= 0.6 is 0 Å². The van der Waals surface area contributed by atoms with Crippen LogP contribution in [0.1, 0.15) is 18.4 Å². The molecule has 0 bridgehead atoms. The number of benzene rings is 1. The molecule has 1 fully saturated rings. The first kappa shape index (κ1) is 13.8. The third-order valence-corrected chi connectivity index (χ3v) is 3.31. The van der Waals surface area contributed by atoms with E-state index < -0.39 is 6.10 Å². The van der Waals surface area contributed by atoms with Gasteiger partial charge in [-0.3, -0.25) is 4.79 Å². The molecular formula is C14H20N2O3. The van der Waals surface area contributed by atoms with Crippen LogP contribution in [0.3, 0.4) is 0 Å². The van der Waals surface area contributed by atoms with Gasteiger partial charge in [0.2, 0.25) is 5.91 Å². The molecule has 1 amide bonds. The van der Waals surface area contributed by atoms with Crippen LogP contribution < -0.4 is 10.2 Å². The molecule has 1 saturated heterocycles. The van der Waals surface area contributed by atoms with E-state index in [2.05, 4.69) is 5.32 Å². The van der Waals surface area contributed by atoms with Gasteiger partial charge in [-0.1, -0.05) is 0 Å². The predicted octanol–water partition coefficient (Wildman–Crippen LogP) is 0.887. The van der Waals surface area contributed by atoms with Gasteiger partial charge in [0.05, 0.1) is 12.7 Å². The van der Waals surface area contributed by atoms with Crippen molar-refractivity contribution in [3.05, 3.63) is 23.8 Å². The number of hydrogen-bond acceptors (Lipinski definition) is 4. The molecule has 0 saturated carbocycles. The Bertz CT molecular complexity index is 462. The number of hydrogen-bond donors (Lipinski definition) is 3. The van der Waals surface area contributed by atoms with Crippen molar-refractivity contribution in [1.82, 2.24) is 0 Å². The molecule has 0 spiro atoms. The van der Waals surface area contributed by atoms with Gasteiger partial charge in [0.1, 0.15) is 0 Å². The van der Waals surface area contributed by atoms with E-state index in [0.29, 0.717) is 13.0 Å². The average Bonchev–Trinajstić information content (AvgIpc) is 2.82. The van der Waals surface area contributed by atoms with Crippen LogP contribution in [-0.4, -0.2) is 41.9 Å². The minimum absolute atomic E-state index is 0.180. The van der Waals surface area contributed by atoms with Crippen molar-refractivity contribution in [1.29, 1.82) is 0 Å². The summed E-state index contributed by atoms with van der Waals surface area (Å²) in [7, 11) is 0. The number of aliphatic hydroxyl groups excluding tert-OH is 2. The zero-order chi connectivity index (χ0) is 13.8. The summed E-state index contributed by atoms with van der Waals surface area (Å²) in [5, 5.41) is 21.1. The molecule has 5 nitrogen and oxygen atoms in total. The fourth-order valence-electron chi connectivity index (χ4n) is 2.27. The van der Waals surface area contributed by atoms with E-state index in [1.54, 1.807) is 0 Å². The van der Waals surface area contributed by atoms with E-state index >= 15 is 0 Å². The van der Waals surface area contributed by atoms with Crippen molar-refractivity contribution in [2.24, 2.45) is 0 Å². The number of aliphatic hydroxyl groups is 2. The SMILES string of the molecule is Cc1cc(NCC(O)CO)ccc1N1CCCC1=O. The van der Waals surface area contributed by atoms with Gasteiger partial charge in [0.15, 0.2) is 0 Å². The monoisotopic (exact) mass is 264 g/mol. The molecule has 1 heterocycles. The molecule has 0 radical (unpaired) electrons. The Balaban J connectivity index is 2.06. The first-order valence-electron chi connectivity index (χ1n) is 6.55. The molecule has 1 unspecified atom stereocenters. The third kappa shape index (κ3) is 3.24. The standard InChI is InChI=1S/C14H20N2O3/c1-10-7-11(15-8-12(18)9-17)4-5-13(10)16-6-2-3-14(16)19/h4-5,7,12,15,17-18H,2-3,6,8-9H2,1H3. The van der Waals surface area contributed by atoms with Crippen molar-refractivity contribution in [3.8, 4) is 0 Å². The molecule has 104 valence electrons. The highest BCUT2D eigenvalue weighted by atomic mass is 16.3. The summed E-state index contributed by atoms with van der Waals surface area (Å²) in [4.78, 5) is 13.5. The van der Waals surface area contributed by atoms with Gasteiger partial charge >= 0.3 is 0 Å². The zero-order valence-corrected chi connectivity index (χ0v) is 11.1. The first-order valence-corrected chi connectivity index (χ1v) is 6.55. The molecule has 0 aliphatic carbocycles. The van der Waals surface area contributed by atoms with Crippen LogP contribution in [0.15, 0.2) is 18.2 Å². The summed E-state index contributed by atoms with van der Waals surface area (Å²) in [5.41, 5.74) is 2.86. The number of rotatable bonds is 5. The van der Waals surface area contributed by atoms with E-state index in [9.17, 15) is 9.90 Å². The summed E-state index contributed by atoms with van der Waals surface area (Å²) in [6.45, 7) is 2.80. The molecule has 3 N–H and O–H groups in total. The molecule has 1 aromatic rings. The second-order valence-electron chi connectivity index (χ2n) is 4.87. The van der Waals surface area contributed by atoms with E-state index in [4.69, 9.17) is 5.11 Å². The first-order chi connectivity index (χ1) is 9.11. The number of carbonyl (C=O) groups excluding carboxylic acids is 1. The van der Waals surface area contributed by atoms with Gasteiger partial charge in [-0.2, -0.15) is 0 Å². The lowest BCUT2D eigenvalue weighted by Crippen LogP contribution is -2.25. The number of nitrogens with zero attached hydrogens (tertiary/aromatic N) is 1. The van der Waals surface area contributed by atoms with Crippen molar-refractivity contribution in [2.75, 3.05) is 29.9 Å². The van der Waals surface area contributed by atoms with E-state index in [1.807, 2.05) is 30.0 Å². The lowest BCUT2D eigenvalue weighted by atomic mass is 10.1. The van der Waals surface area contributed by atoms with Crippen molar-refractivity contribution < 1.29 is 15.0 Å². The van der Waals surface area contributed by atoms with Gasteiger partial charge in [-0.05, 0) is 37.1 Å². The van der Waals surface area contributed by atoms with E-state index in [0.717, 1.165) is 29.9 Å². The lowest BCUT2D eigenvalue weighted by molar-refractivity contribution is -0.117. The number of amides is 1. The van der Waals surface area contributed by atoms with Crippen LogP contribution in [0.25, 0.3) is 0 Å². The predicted molar refractivity (Wildman–Crippen MR) is 74.3 cm³/mol. The number of carbonyl (C=O) groups is 1. The number of nitrogens with one attached hydrogen (secondary N) is 1. The Kier molecular flexibility index (Phi) is 4.39. The van der Waals surface area contributed by atoms with Crippen molar-refractivity contribution in [2.45, 2.75) is 25.9 Å². The molecule has 5 heteroatoms. The summed E-state index contributed by atoms with van der Waals surface area (Å²) in [5.74, 6) is 0.180. The summed E-state index contributed by atoms with van der Waals surface area (Å²) < 4.78 is 0. The van der Waals surface area contributed by atoms with Crippen LogP contribution in [0.4, 0.5) is 11.4 Å². The molecule has 0 aromatic heterocycles. The Labute approximate surface area is 112 Å². The van der Waals surface area contributed by atoms with Gasteiger partial charge in [-0.15, -0.1) is 0 Å². The minimum atomic E-state index is -0.764. The fourth-order valence-corrected chi connectivity index (χ4v) is 2.27. The van der Waals surface area contributed by atoms with Crippen molar-refractivity contribution >= 4 is 17.3 Å². The largest absolute Gasteiger partial charge is 0.394 e. The van der Waals surface area contributed by atoms with Gasteiger partial charge in [0, 0.05) is 30.9 Å². The smallest absolute Gasteiger partial charge is 0.227 e. The molecule has 2 rings (SSSR count). The van der Waals surface area contributed by atoms with Crippen LogP contribution in [0.2, 0.25) is 0 Å². The quantitative estimate of drug-likeness (QED) is 0.738. The second-order valence-corrected chi connectivity index (χ2v) is 4.87.